The summed E-state index contributed by atoms with van der Waals surface area (Å²) in [7, 11) is 0. The van der Waals surface area contributed by atoms with Gasteiger partial charge in [-0.25, -0.2) is 4.98 Å². The van der Waals surface area contributed by atoms with Crippen molar-refractivity contribution >= 4 is 16.5 Å². The second-order valence-corrected chi connectivity index (χ2v) is 5.08. The third kappa shape index (κ3) is 3.18. The van der Waals surface area contributed by atoms with Gasteiger partial charge in [0.2, 0.25) is 0 Å². The van der Waals surface area contributed by atoms with Crippen LogP contribution in [0.1, 0.15) is 18.2 Å². The third-order valence-corrected chi connectivity index (χ3v) is 3.84. The molecule has 2 atom stereocenters. The molecule has 7 heteroatoms. The van der Waals surface area contributed by atoms with Gasteiger partial charge in [-0.1, -0.05) is 0 Å². The molecule has 0 amide bonds. The van der Waals surface area contributed by atoms with Crippen molar-refractivity contribution in [1.82, 2.24) is 4.98 Å². The molecule has 18 heavy (non-hydrogen) atoms. The minimum absolute atomic E-state index is 0.346. The fraction of sp³-hybridized carbons (Fsp3) is 0.727. The van der Waals surface area contributed by atoms with Crippen molar-refractivity contribution in [3.8, 4) is 0 Å². The van der Waals surface area contributed by atoms with Crippen LogP contribution in [-0.4, -0.2) is 54.1 Å². The number of hydrogen-bond donors (Lipinski definition) is 3. The summed E-state index contributed by atoms with van der Waals surface area (Å²) in [5.74, 6) is 0. The minimum Gasteiger partial charge on any atom is -0.390 e. The normalized spacial score (nSPS) is 19.8. The van der Waals surface area contributed by atoms with Gasteiger partial charge >= 0.3 is 0 Å². The van der Waals surface area contributed by atoms with E-state index in [0.717, 1.165) is 18.2 Å². The maximum absolute atomic E-state index is 9.93. The Balaban J connectivity index is 2.00. The Morgan fingerprint density at radius 3 is 2.83 bits per heavy atom. The zero-order valence-electron chi connectivity index (χ0n) is 10.2. The summed E-state index contributed by atoms with van der Waals surface area (Å²) >= 11 is 1.48. The first-order chi connectivity index (χ1) is 8.72. The second-order valence-electron chi connectivity index (χ2n) is 4.24. The Labute approximate surface area is 110 Å². The van der Waals surface area contributed by atoms with Crippen LogP contribution in [-0.2, 0) is 4.74 Å². The standard InChI is InChI=1S/C11H19N3O3S/c12-2-1-9(15)10(16)8-7-18-11(13-8)14-3-5-17-6-4-14/h7,9-10,15-16H,1-6,12H2. The van der Waals surface area contributed by atoms with Gasteiger partial charge in [0.15, 0.2) is 5.13 Å². The van der Waals surface area contributed by atoms with Crippen LogP contribution in [0.3, 0.4) is 0 Å². The first-order valence-corrected chi connectivity index (χ1v) is 6.94. The molecular formula is C11H19N3O3S. The smallest absolute Gasteiger partial charge is 0.185 e. The number of morpholine rings is 1. The highest BCUT2D eigenvalue weighted by atomic mass is 32.1. The highest BCUT2D eigenvalue weighted by Crippen LogP contribution is 2.26. The number of nitrogens with zero attached hydrogens (tertiary/aromatic N) is 2. The number of anilines is 1. The van der Waals surface area contributed by atoms with Crippen molar-refractivity contribution in [3.63, 3.8) is 0 Å². The number of aliphatic hydroxyl groups is 2. The largest absolute Gasteiger partial charge is 0.390 e. The summed E-state index contributed by atoms with van der Waals surface area (Å²) in [6.45, 7) is 3.38. The molecule has 1 aliphatic heterocycles. The molecule has 2 unspecified atom stereocenters. The molecule has 1 saturated heterocycles. The molecule has 1 aromatic rings. The predicted molar refractivity (Wildman–Crippen MR) is 69.8 cm³/mol. The van der Waals surface area contributed by atoms with E-state index in [-0.39, 0.29) is 0 Å². The summed E-state index contributed by atoms with van der Waals surface area (Å²) in [5.41, 5.74) is 5.87. The van der Waals surface area contributed by atoms with Gasteiger partial charge in [0.1, 0.15) is 6.10 Å². The van der Waals surface area contributed by atoms with Crippen molar-refractivity contribution < 1.29 is 14.9 Å². The average Bonchev–Trinajstić information content (AvgIpc) is 2.89. The number of ether oxygens (including phenoxy) is 1. The van der Waals surface area contributed by atoms with E-state index in [1.807, 2.05) is 0 Å². The van der Waals surface area contributed by atoms with Crippen molar-refractivity contribution in [1.29, 1.82) is 0 Å². The van der Waals surface area contributed by atoms with E-state index in [2.05, 4.69) is 9.88 Å². The summed E-state index contributed by atoms with van der Waals surface area (Å²) in [6.07, 6.45) is -1.44. The molecule has 1 fully saturated rings. The summed E-state index contributed by atoms with van der Waals surface area (Å²) < 4.78 is 5.28. The number of thiazole rings is 1. The first-order valence-electron chi connectivity index (χ1n) is 6.06. The van der Waals surface area contributed by atoms with E-state index in [0.29, 0.717) is 31.9 Å². The molecule has 1 aliphatic rings. The molecule has 0 radical (unpaired) electrons. The van der Waals surface area contributed by atoms with Gasteiger partial charge in [-0.15, -0.1) is 11.3 Å². The van der Waals surface area contributed by atoms with Gasteiger partial charge in [-0.2, -0.15) is 0 Å². The van der Waals surface area contributed by atoms with Crippen LogP contribution in [0, 0.1) is 0 Å². The molecule has 0 bridgehead atoms. The SMILES string of the molecule is NCCC(O)C(O)c1csc(N2CCOCC2)n1. The highest BCUT2D eigenvalue weighted by molar-refractivity contribution is 7.13. The van der Waals surface area contributed by atoms with Crippen molar-refractivity contribution in [2.75, 3.05) is 37.7 Å². The number of aromatic nitrogens is 1. The lowest BCUT2D eigenvalue weighted by molar-refractivity contribution is 0.0129. The summed E-state index contributed by atoms with van der Waals surface area (Å²) in [4.78, 5) is 6.50. The molecule has 0 aromatic carbocycles. The Morgan fingerprint density at radius 2 is 2.17 bits per heavy atom. The number of hydrogen-bond acceptors (Lipinski definition) is 7. The Bertz CT molecular complexity index is 368. The fourth-order valence-corrected chi connectivity index (χ4v) is 2.75. The zero-order chi connectivity index (χ0) is 13.0. The molecule has 6 nitrogen and oxygen atoms in total. The topological polar surface area (TPSA) is 91.8 Å². The Morgan fingerprint density at radius 1 is 1.44 bits per heavy atom. The molecule has 0 saturated carbocycles. The maximum atomic E-state index is 9.93. The van der Waals surface area contributed by atoms with Gasteiger partial charge in [0, 0.05) is 18.5 Å². The van der Waals surface area contributed by atoms with Gasteiger partial charge in [-0.05, 0) is 13.0 Å². The van der Waals surface area contributed by atoms with Gasteiger partial charge in [-0.3, -0.25) is 0 Å². The highest BCUT2D eigenvalue weighted by Gasteiger charge is 2.22. The molecule has 2 heterocycles. The van der Waals surface area contributed by atoms with Crippen molar-refractivity contribution in [3.05, 3.63) is 11.1 Å². The number of rotatable bonds is 5. The third-order valence-electron chi connectivity index (χ3n) is 2.92. The number of nitrogens with two attached hydrogens (primary N) is 1. The molecule has 0 spiro atoms. The van der Waals surface area contributed by atoms with Crippen LogP contribution in [0.2, 0.25) is 0 Å². The average molecular weight is 273 g/mol. The Kier molecular flexibility index (Phi) is 4.90. The molecule has 1 aromatic heterocycles. The van der Waals surface area contributed by atoms with E-state index in [9.17, 15) is 10.2 Å². The van der Waals surface area contributed by atoms with Crippen LogP contribution in [0.15, 0.2) is 5.38 Å². The van der Waals surface area contributed by atoms with Gasteiger partial charge in [0.05, 0.1) is 25.0 Å². The lowest BCUT2D eigenvalue weighted by Crippen LogP contribution is -2.36. The summed E-state index contributed by atoms with van der Waals surface area (Å²) in [6, 6.07) is 0. The van der Waals surface area contributed by atoms with Gasteiger partial charge in [0.25, 0.3) is 0 Å². The van der Waals surface area contributed by atoms with E-state index in [4.69, 9.17) is 10.5 Å². The quantitative estimate of drug-likeness (QED) is 0.683. The minimum atomic E-state index is -0.959. The van der Waals surface area contributed by atoms with Crippen LogP contribution in [0.25, 0.3) is 0 Å². The monoisotopic (exact) mass is 273 g/mol. The van der Waals surface area contributed by atoms with Crippen LogP contribution < -0.4 is 10.6 Å². The zero-order valence-corrected chi connectivity index (χ0v) is 11.0. The molecule has 4 N–H and O–H groups in total. The van der Waals surface area contributed by atoms with E-state index < -0.39 is 12.2 Å². The molecule has 102 valence electrons. The molecule has 2 rings (SSSR count). The molecular weight excluding hydrogens is 254 g/mol. The van der Waals surface area contributed by atoms with E-state index in [1.165, 1.54) is 11.3 Å². The first kappa shape index (κ1) is 13.7. The molecule has 0 aliphatic carbocycles. The fourth-order valence-electron chi connectivity index (χ4n) is 1.84. The van der Waals surface area contributed by atoms with Crippen LogP contribution in [0.5, 0.6) is 0 Å². The lowest BCUT2D eigenvalue weighted by atomic mass is 10.1. The predicted octanol–water partition coefficient (Wildman–Crippen LogP) is -0.277. The second kappa shape index (κ2) is 6.44. The maximum Gasteiger partial charge on any atom is 0.185 e. The van der Waals surface area contributed by atoms with Crippen molar-refractivity contribution in [2.24, 2.45) is 5.73 Å². The van der Waals surface area contributed by atoms with E-state index >= 15 is 0 Å². The summed E-state index contributed by atoms with van der Waals surface area (Å²) in [5, 5.41) is 22.3. The lowest BCUT2D eigenvalue weighted by Gasteiger charge is -2.26. The van der Waals surface area contributed by atoms with E-state index in [1.54, 1.807) is 5.38 Å². The van der Waals surface area contributed by atoms with Crippen LogP contribution >= 0.6 is 11.3 Å². The van der Waals surface area contributed by atoms with Gasteiger partial charge < -0.3 is 25.6 Å². The number of aliphatic hydroxyl groups excluding tert-OH is 2. The van der Waals surface area contributed by atoms with Crippen LogP contribution in [0.4, 0.5) is 5.13 Å². The Hall–Kier alpha value is -0.730. The van der Waals surface area contributed by atoms with Crippen molar-refractivity contribution in [2.45, 2.75) is 18.6 Å².